The lowest BCUT2D eigenvalue weighted by atomic mass is 9.99. The number of carbonyl (C=O) groups is 1. The van der Waals surface area contributed by atoms with Crippen LogP contribution in [0.15, 0.2) is 24.3 Å². The van der Waals surface area contributed by atoms with Crippen LogP contribution >= 0.6 is 11.6 Å². The van der Waals surface area contributed by atoms with Crippen LogP contribution in [0, 0.1) is 0 Å². The Bertz CT molecular complexity index is 473. The van der Waals surface area contributed by atoms with Gasteiger partial charge in [-0.3, -0.25) is 0 Å². The first kappa shape index (κ1) is 15.1. The van der Waals surface area contributed by atoms with Crippen LogP contribution in [-0.2, 0) is 14.3 Å². The molecule has 0 N–H and O–H groups in total. The van der Waals surface area contributed by atoms with E-state index < -0.39 is 24.4 Å². The Morgan fingerprint density at radius 2 is 1.95 bits per heavy atom. The third-order valence-electron chi connectivity index (χ3n) is 2.98. The van der Waals surface area contributed by atoms with Crippen molar-refractivity contribution in [2.75, 3.05) is 6.61 Å². The monoisotopic (exact) mass is 308 g/mol. The van der Waals surface area contributed by atoms with Gasteiger partial charge in [0.1, 0.15) is 6.10 Å². The highest BCUT2D eigenvalue weighted by molar-refractivity contribution is 6.30. The molecule has 0 bridgehead atoms. The Hall–Kier alpha value is -1.27. The molecule has 1 heterocycles. The van der Waals surface area contributed by atoms with Crippen molar-refractivity contribution in [3.8, 4) is 0 Å². The second-order valence-electron chi connectivity index (χ2n) is 4.46. The van der Waals surface area contributed by atoms with Crippen molar-refractivity contribution in [1.29, 1.82) is 0 Å². The quantitative estimate of drug-likeness (QED) is 0.782. The van der Waals surface area contributed by atoms with Gasteiger partial charge in [0, 0.05) is 17.9 Å². The first-order valence-electron chi connectivity index (χ1n) is 6.01. The molecule has 0 spiro atoms. The lowest BCUT2D eigenvalue weighted by Crippen LogP contribution is -2.34. The first-order valence-corrected chi connectivity index (χ1v) is 6.39. The molecule has 1 aliphatic rings. The van der Waals surface area contributed by atoms with Crippen LogP contribution in [0.2, 0.25) is 5.02 Å². The number of alkyl halides is 3. The molecule has 7 heteroatoms. The minimum Gasteiger partial charge on any atom is -0.456 e. The third kappa shape index (κ3) is 3.86. The third-order valence-corrected chi connectivity index (χ3v) is 3.23. The van der Waals surface area contributed by atoms with Gasteiger partial charge in [-0.05, 0) is 17.7 Å². The average Bonchev–Trinajstić information content (AvgIpc) is 2.39. The van der Waals surface area contributed by atoms with Crippen molar-refractivity contribution in [1.82, 2.24) is 0 Å². The standard InChI is InChI=1S/C13H12ClF3O3/c14-9-3-1-8(2-4-9)11-7-10(5-6-19-11)20-12(18)13(15,16)17/h1-4,10-11H,5-7H2. The summed E-state index contributed by atoms with van der Waals surface area (Å²) in [5.74, 6) is -2.15. The van der Waals surface area contributed by atoms with Crippen LogP contribution < -0.4 is 0 Å². The fraction of sp³-hybridized carbons (Fsp3) is 0.462. The molecule has 1 fully saturated rings. The van der Waals surface area contributed by atoms with Gasteiger partial charge < -0.3 is 9.47 Å². The maximum Gasteiger partial charge on any atom is 0.490 e. The lowest BCUT2D eigenvalue weighted by molar-refractivity contribution is -0.209. The minimum atomic E-state index is -4.96. The molecule has 2 rings (SSSR count). The average molecular weight is 309 g/mol. The van der Waals surface area contributed by atoms with Gasteiger partial charge in [-0.2, -0.15) is 13.2 Å². The Labute approximate surface area is 118 Å². The Morgan fingerprint density at radius 3 is 2.55 bits per heavy atom. The van der Waals surface area contributed by atoms with Crippen LogP contribution in [0.1, 0.15) is 24.5 Å². The van der Waals surface area contributed by atoms with E-state index in [1.54, 1.807) is 24.3 Å². The molecule has 0 radical (unpaired) electrons. The number of halogens is 4. The van der Waals surface area contributed by atoms with Crippen molar-refractivity contribution >= 4 is 17.6 Å². The van der Waals surface area contributed by atoms with Gasteiger partial charge in [0.2, 0.25) is 0 Å². The summed E-state index contributed by atoms with van der Waals surface area (Å²) in [6.45, 7) is 0.239. The predicted molar refractivity (Wildman–Crippen MR) is 65.3 cm³/mol. The summed E-state index contributed by atoms with van der Waals surface area (Å²) >= 11 is 5.76. The van der Waals surface area contributed by atoms with Gasteiger partial charge in [0.15, 0.2) is 0 Å². The summed E-state index contributed by atoms with van der Waals surface area (Å²) in [5, 5.41) is 0.560. The maximum absolute atomic E-state index is 12.1. The van der Waals surface area contributed by atoms with Gasteiger partial charge in [0.25, 0.3) is 0 Å². The molecular weight excluding hydrogens is 297 g/mol. The molecule has 20 heavy (non-hydrogen) atoms. The molecular formula is C13H12ClF3O3. The number of ether oxygens (including phenoxy) is 2. The zero-order valence-corrected chi connectivity index (χ0v) is 11.1. The predicted octanol–water partition coefficient (Wildman–Crippen LogP) is 3.67. The largest absolute Gasteiger partial charge is 0.490 e. The van der Waals surface area contributed by atoms with Crippen LogP contribution in [0.25, 0.3) is 0 Å². The number of rotatable bonds is 2. The zero-order valence-electron chi connectivity index (χ0n) is 10.3. The first-order chi connectivity index (χ1) is 9.36. The second-order valence-corrected chi connectivity index (χ2v) is 4.90. The maximum atomic E-state index is 12.1. The van der Waals surface area contributed by atoms with Crippen LogP contribution in [0.4, 0.5) is 13.2 Å². The summed E-state index contributed by atoms with van der Waals surface area (Å²) < 4.78 is 46.4. The normalized spacial score (nSPS) is 23.4. The van der Waals surface area contributed by atoms with E-state index in [0.717, 1.165) is 5.56 Å². The fourth-order valence-corrected chi connectivity index (χ4v) is 2.13. The van der Waals surface area contributed by atoms with Crippen LogP contribution in [0.5, 0.6) is 0 Å². The van der Waals surface area contributed by atoms with Crippen molar-refractivity contribution in [2.45, 2.75) is 31.2 Å². The molecule has 1 saturated heterocycles. The van der Waals surface area contributed by atoms with Gasteiger partial charge >= 0.3 is 12.1 Å². The van der Waals surface area contributed by atoms with E-state index in [1.807, 2.05) is 0 Å². The van der Waals surface area contributed by atoms with Crippen LogP contribution in [0.3, 0.4) is 0 Å². The second kappa shape index (κ2) is 6.01. The highest BCUT2D eigenvalue weighted by atomic mass is 35.5. The number of hydrogen-bond acceptors (Lipinski definition) is 3. The Kier molecular flexibility index (Phi) is 4.55. The summed E-state index contributed by atoms with van der Waals surface area (Å²) in [6, 6.07) is 6.82. The van der Waals surface area contributed by atoms with E-state index in [-0.39, 0.29) is 19.4 Å². The number of benzene rings is 1. The molecule has 1 aromatic rings. The molecule has 0 amide bonds. The SMILES string of the molecule is O=C(OC1CCOC(c2ccc(Cl)cc2)C1)C(F)(F)F. The molecule has 1 aromatic carbocycles. The topological polar surface area (TPSA) is 35.5 Å². The smallest absolute Gasteiger partial charge is 0.456 e. The van der Waals surface area contributed by atoms with E-state index in [0.29, 0.717) is 5.02 Å². The molecule has 110 valence electrons. The van der Waals surface area contributed by atoms with Crippen molar-refractivity contribution in [2.24, 2.45) is 0 Å². The molecule has 2 unspecified atom stereocenters. The number of carbonyl (C=O) groups excluding carboxylic acids is 1. The molecule has 2 atom stereocenters. The van der Waals surface area contributed by atoms with E-state index in [2.05, 4.69) is 4.74 Å². The van der Waals surface area contributed by atoms with Crippen molar-refractivity contribution in [3.63, 3.8) is 0 Å². The highest BCUT2D eigenvalue weighted by Crippen LogP contribution is 2.31. The summed E-state index contributed by atoms with van der Waals surface area (Å²) in [4.78, 5) is 10.8. The molecule has 3 nitrogen and oxygen atoms in total. The lowest BCUT2D eigenvalue weighted by Gasteiger charge is -2.29. The van der Waals surface area contributed by atoms with Gasteiger partial charge in [-0.1, -0.05) is 23.7 Å². The number of esters is 1. The van der Waals surface area contributed by atoms with Gasteiger partial charge in [-0.25, -0.2) is 4.79 Å². The molecule has 0 saturated carbocycles. The van der Waals surface area contributed by atoms with E-state index in [9.17, 15) is 18.0 Å². The summed E-state index contributed by atoms with van der Waals surface area (Å²) in [6.07, 6.45) is -5.70. The number of hydrogen-bond donors (Lipinski definition) is 0. The molecule has 0 aromatic heterocycles. The summed E-state index contributed by atoms with van der Waals surface area (Å²) in [7, 11) is 0. The van der Waals surface area contributed by atoms with Crippen LogP contribution in [-0.4, -0.2) is 24.9 Å². The highest BCUT2D eigenvalue weighted by Gasteiger charge is 2.43. The zero-order chi connectivity index (χ0) is 14.8. The minimum absolute atomic E-state index is 0.198. The van der Waals surface area contributed by atoms with E-state index >= 15 is 0 Å². The molecule has 1 aliphatic heterocycles. The molecule has 0 aliphatic carbocycles. The fourth-order valence-electron chi connectivity index (χ4n) is 2.00. The van der Waals surface area contributed by atoms with Crippen molar-refractivity contribution < 1.29 is 27.4 Å². The Morgan fingerprint density at radius 1 is 1.30 bits per heavy atom. The van der Waals surface area contributed by atoms with Gasteiger partial charge in [-0.15, -0.1) is 0 Å². The van der Waals surface area contributed by atoms with E-state index in [1.165, 1.54) is 0 Å². The van der Waals surface area contributed by atoms with Gasteiger partial charge in [0.05, 0.1) is 12.7 Å². The van der Waals surface area contributed by atoms with E-state index in [4.69, 9.17) is 16.3 Å². The van der Waals surface area contributed by atoms with Crippen molar-refractivity contribution in [3.05, 3.63) is 34.9 Å². The Balaban J connectivity index is 1.98. The summed E-state index contributed by atoms with van der Waals surface area (Å²) in [5.41, 5.74) is 0.794.